The van der Waals surface area contributed by atoms with Gasteiger partial charge in [-0.2, -0.15) is 4.72 Å². The molecule has 1 aliphatic carbocycles. The van der Waals surface area contributed by atoms with Gasteiger partial charge in [0.1, 0.15) is 22.4 Å². The van der Waals surface area contributed by atoms with Crippen LogP contribution in [0.4, 0.5) is 8.78 Å². The van der Waals surface area contributed by atoms with Crippen molar-refractivity contribution < 1.29 is 32.2 Å². The Balaban J connectivity index is 2.43. The molecule has 0 aromatic heterocycles. The van der Waals surface area contributed by atoms with Crippen molar-refractivity contribution in [3.63, 3.8) is 0 Å². The fourth-order valence-electron chi connectivity index (χ4n) is 1.95. The van der Waals surface area contributed by atoms with Crippen LogP contribution in [0.1, 0.15) is 0 Å². The molecule has 0 heterocycles. The van der Waals surface area contributed by atoms with E-state index in [0.29, 0.717) is 12.1 Å². The van der Waals surface area contributed by atoms with Crippen LogP contribution in [-0.4, -0.2) is 30.3 Å². The molecular formula is C13H11F2NO5S. The van der Waals surface area contributed by atoms with Gasteiger partial charge in [-0.25, -0.2) is 17.2 Å². The number of benzene rings is 1. The Kier molecular flexibility index (Phi) is 4.14. The largest absolute Gasteiger partial charge is 0.481 e. The molecule has 0 radical (unpaired) electrons. The molecule has 0 bridgehead atoms. The van der Waals surface area contributed by atoms with Gasteiger partial charge in [0.25, 0.3) is 0 Å². The van der Waals surface area contributed by atoms with E-state index in [1.807, 2.05) is 0 Å². The van der Waals surface area contributed by atoms with E-state index in [-0.39, 0.29) is 0 Å². The van der Waals surface area contributed by atoms with Crippen molar-refractivity contribution in [3.05, 3.63) is 54.1 Å². The number of hydrogen-bond acceptors (Lipinski definition) is 4. The molecule has 9 heteroatoms. The van der Waals surface area contributed by atoms with Crippen molar-refractivity contribution in [2.45, 2.75) is 10.6 Å². The summed E-state index contributed by atoms with van der Waals surface area (Å²) >= 11 is 0. The van der Waals surface area contributed by atoms with Crippen molar-refractivity contribution in [2.24, 2.45) is 5.92 Å². The minimum atomic E-state index is -4.70. The smallest absolute Gasteiger partial charge is 0.315 e. The van der Waals surface area contributed by atoms with Crippen LogP contribution in [0.3, 0.4) is 0 Å². The van der Waals surface area contributed by atoms with E-state index in [1.165, 1.54) is 12.2 Å². The van der Waals surface area contributed by atoms with Crippen LogP contribution in [0.2, 0.25) is 0 Å². The van der Waals surface area contributed by atoms with Gasteiger partial charge in [-0.3, -0.25) is 4.79 Å². The average Bonchev–Trinajstić information content (AvgIpc) is 2.40. The van der Waals surface area contributed by atoms with Gasteiger partial charge < -0.3 is 10.2 Å². The lowest BCUT2D eigenvalue weighted by Crippen LogP contribution is -2.54. The molecule has 2 unspecified atom stereocenters. The van der Waals surface area contributed by atoms with Gasteiger partial charge in [0.15, 0.2) is 5.72 Å². The highest BCUT2D eigenvalue weighted by Crippen LogP contribution is 2.26. The highest BCUT2D eigenvalue weighted by molar-refractivity contribution is 7.89. The van der Waals surface area contributed by atoms with Crippen LogP contribution in [0.25, 0.3) is 0 Å². The maximum atomic E-state index is 13.6. The molecule has 22 heavy (non-hydrogen) atoms. The molecule has 1 aromatic rings. The van der Waals surface area contributed by atoms with Crippen LogP contribution in [-0.2, 0) is 14.8 Å². The predicted molar refractivity (Wildman–Crippen MR) is 71.0 cm³/mol. The zero-order valence-electron chi connectivity index (χ0n) is 10.9. The minimum Gasteiger partial charge on any atom is -0.481 e. The molecule has 3 N–H and O–H groups in total. The number of aliphatic hydroxyl groups is 1. The molecule has 0 saturated carbocycles. The highest BCUT2D eigenvalue weighted by atomic mass is 32.2. The first-order valence-electron chi connectivity index (χ1n) is 5.96. The Hall–Kier alpha value is -2.10. The van der Waals surface area contributed by atoms with Crippen LogP contribution in [0.5, 0.6) is 0 Å². The van der Waals surface area contributed by atoms with Crippen LogP contribution in [0, 0.1) is 17.6 Å². The molecule has 0 spiro atoms. The Morgan fingerprint density at radius 2 is 1.95 bits per heavy atom. The van der Waals surface area contributed by atoms with Crippen LogP contribution < -0.4 is 4.72 Å². The van der Waals surface area contributed by atoms with E-state index in [0.717, 1.165) is 18.2 Å². The lowest BCUT2D eigenvalue weighted by Gasteiger charge is -2.31. The van der Waals surface area contributed by atoms with E-state index >= 15 is 0 Å². The molecule has 2 atom stereocenters. The van der Waals surface area contributed by atoms with Gasteiger partial charge in [0.2, 0.25) is 10.0 Å². The number of halogens is 2. The van der Waals surface area contributed by atoms with Crippen molar-refractivity contribution in [1.82, 2.24) is 4.72 Å². The van der Waals surface area contributed by atoms with Gasteiger partial charge in [0, 0.05) is 0 Å². The monoisotopic (exact) mass is 331 g/mol. The summed E-state index contributed by atoms with van der Waals surface area (Å²) < 4.78 is 52.6. The summed E-state index contributed by atoms with van der Waals surface area (Å²) in [6.07, 6.45) is 4.50. The Bertz CT molecular complexity index is 775. The summed E-state index contributed by atoms with van der Waals surface area (Å²) in [5.74, 6) is -5.35. The third-order valence-corrected chi connectivity index (χ3v) is 4.47. The second-order valence-corrected chi connectivity index (χ2v) is 6.22. The number of nitrogens with one attached hydrogen (secondary N) is 1. The minimum absolute atomic E-state index is 0.430. The number of carbonyl (C=O) groups is 1. The second-order valence-electron chi connectivity index (χ2n) is 4.57. The fourth-order valence-corrected chi connectivity index (χ4v) is 3.28. The number of hydrogen-bond donors (Lipinski definition) is 3. The molecule has 2 rings (SSSR count). The maximum absolute atomic E-state index is 13.6. The molecule has 0 saturated heterocycles. The first-order chi connectivity index (χ1) is 10.2. The number of sulfonamides is 1. The number of rotatable bonds is 4. The quantitative estimate of drug-likeness (QED) is 0.707. The summed E-state index contributed by atoms with van der Waals surface area (Å²) in [6, 6.07) is 1.77. The molecule has 0 fully saturated rings. The zero-order valence-corrected chi connectivity index (χ0v) is 11.7. The zero-order chi connectivity index (χ0) is 16.5. The van der Waals surface area contributed by atoms with Crippen molar-refractivity contribution in [3.8, 4) is 0 Å². The van der Waals surface area contributed by atoms with E-state index in [9.17, 15) is 27.1 Å². The van der Waals surface area contributed by atoms with Crippen LogP contribution >= 0.6 is 0 Å². The summed E-state index contributed by atoms with van der Waals surface area (Å²) in [5.41, 5.74) is -2.50. The van der Waals surface area contributed by atoms with Gasteiger partial charge in [0.05, 0.1) is 0 Å². The molecule has 6 nitrogen and oxygen atoms in total. The molecular weight excluding hydrogens is 320 g/mol. The molecule has 0 aliphatic heterocycles. The second kappa shape index (κ2) is 5.59. The molecule has 1 aromatic carbocycles. The lowest BCUT2D eigenvalue weighted by molar-refractivity contribution is -0.146. The predicted octanol–water partition coefficient (Wildman–Crippen LogP) is 0.758. The fraction of sp³-hybridized carbons (Fsp3) is 0.154. The van der Waals surface area contributed by atoms with Gasteiger partial charge in [-0.1, -0.05) is 18.2 Å². The lowest BCUT2D eigenvalue weighted by atomic mass is 9.92. The van der Waals surface area contributed by atoms with E-state index in [2.05, 4.69) is 0 Å². The Labute approximate surface area is 124 Å². The Morgan fingerprint density at radius 3 is 2.59 bits per heavy atom. The van der Waals surface area contributed by atoms with Gasteiger partial charge in [-0.15, -0.1) is 0 Å². The summed E-state index contributed by atoms with van der Waals surface area (Å²) in [5, 5.41) is 19.3. The summed E-state index contributed by atoms with van der Waals surface area (Å²) in [4.78, 5) is 10.1. The maximum Gasteiger partial charge on any atom is 0.315 e. The first kappa shape index (κ1) is 16.3. The SMILES string of the molecule is O=C(O)C1C=CC=CC1(O)NS(=O)(=O)c1cc(F)ccc1F. The van der Waals surface area contributed by atoms with E-state index < -0.39 is 44.2 Å². The third-order valence-electron chi connectivity index (χ3n) is 2.99. The average molecular weight is 331 g/mol. The Morgan fingerprint density at radius 1 is 1.27 bits per heavy atom. The molecule has 1 aliphatic rings. The normalized spacial score (nSPS) is 24.4. The summed E-state index contributed by atoms with van der Waals surface area (Å²) in [6.45, 7) is 0. The van der Waals surface area contributed by atoms with Crippen molar-refractivity contribution >= 4 is 16.0 Å². The number of aliphatic carboxylic acids is 1. The number of carboxylic acid groups (broad SMARTS) is 1. The van der Waals surface area contributed by atoms with Gasteiger partial charge in [-0.05, 0) is 24.3 Å². The summed E-state index contributed by atoms with van der Waals surface area (Å²) in [7, 11) is -4.70. The number of carboxylic acids is 1. The standard InChI is InChI=1S/C13H11F2NO5S/c14-8-4-5-10(15)11(7-8)22(20,21)16-13(19)6-2-1-3-9(13)12(17)18/h1-7,9,16,19H,(H,17,18). The van der Waals surface area contributed by atoms with Gasteiger partial charge >= 0.3 is 5.97 Å². The van der Waals surface area contributed by atoms with E-state index in [1.54, 1.807) is 4.72 Å². The van der Waals surface area contributed by atoms with E-state index in [4.69, 9.17) is 5.11 Å². The topological polar surface area (TPSA) is 104 Å². The molecule has 118 valence electrons. The van der Waals surface area contributed by atoms with Crippen LogP contribution in [0.15, 0.2) is 47.4 Å². The third kappa shape index (κ3) is 3.06. The molecule has 0 amide bonds. The van der Waals surface area contributed by atoms with Crippen molar-refractivity contribution in [1.29, 1.82) is 0 Å². The first-order valence-corrected chi connectivity index (χ1v) is 7.44. The number of allylic oxidation sites excluding steroid dienone is 2. The highest BCUT2D eigenvalue weighted by Gasteiger charge is 2.43. The van der Waals surface area contributed by atoms with Crippen molar-refractivity contribution in [2.75, 3.05) is 0 Å².